The van der Waals surface area contributed by atoms with Crippen molar-refractivity contribution >= 4 is 41.2 Å². The number of hydrogen-bond acceptors (Lipinski definition) is 7. The largest absolute Gasteiger partial charge is 0.502 e. The number of amides is 2. The van der Waals surface area contributed by atoms with E-state index in [0.29, 0.717) is 34.4 Å². The fourth-order valence-corrected chi connectivity index (χ4v) is 6.89. The molecule has 3 aliphatic carbocycles. The molecule has 1 heterocycles. The van der Waals surface area contributed by atoms with E-state index in [1.807, 2.05) is 24.3 Å². The number of hydrogen-bond donors (Lipinski definition) is 1. The quantitative estimate of drug-likeness (QED) is 0.284. The first-order chi connectivity index (χ1) is 20.7. The molecule has 2 aromatic carbocycles. The molecule has 4 unspecified atom stereocenters. The molecule has 6 rings (SSSR count). The number of Topliss-reactive ketones (excluding diaryl/α,β-unsaturated/α-hetero) is 1. The average Bonchev–Trinajstić information content (AvgIpc) is 3.27. The lowest BCUT2D eigenvalue weighted by Crippen LogP contribution is -2.40. The summed E-state index contributed by atoms with van der Waals surface area (Å²) in [6.07, 6.45) is 9.23. The number of imide groups is 1. The Morgan fingerprint density at radius 1 is 0.953 bits per heavy atom. The highest BCUT2D eigenvalue weighted by atomic mass is 16.5. The summed E-state index contributed by atoms with van der Waals surface area (Å²) in [5.41, 5.74) is 4.04. The molecule has 1 saturated heterocycles. The molecule has 43 heavy (non-hydrogen) atoms. The zero-order valence-corrected chi connectivity index (χ0v) is 24.1. The molecular formula is C35H31NO7. The fraction of sp³-hybridized carbons (Fsp3) is 0.257. The Morgan fingerprint density at radius 3 is 2.26 bits per heavy atom. The number of anilines is 1. The number of allylic oxidation sites excluding steroid dienone is 7. The second-order valence-electron chi connectivity index (χ2n) is 11.2. The lowest BCUT2D eigenvalue weighted by Gasteiger charge is -2.41. The average molecular weight is 578 g/mol. The third-order valence-corrected chi connectivity index (χ3v) is 8.98. The second-order valence-corrected chi connectivity index (χ2v) is 11.2. The molecule has 1 fully saturated rings. The Labute approximate surface area is 249 Å². The number of carbonyl (C=O) groups is 4. The van der Waals surface area contributed by atoms with Gasteiger partial charge in [-0.2, -0.15) is 0 Å². The van der Waals surface area contributed by atoms with Crippen LogP contribution < -0.4 is 14.4 Å². The van der Waals surface area contributed by atoms with E-state index in [1.165, 1.54) is 25.2 Å². The molecule has 4 aliphatic rings. The lowest BCUT2D eigenvalue weighted by atomic mass is 9.60. The molecule has 1 N–H and O–H groups in total. The highest BCUT2D eigenvalue weighted by molar-refractivity contribution is 6.24. The number of aromatic hydroxyl groups is 1. The number of methoxy groups -OCH3 is 2. The normalized spacial score (nSPS) is 24.9. The van der Waals surface area contributed by atoms with Crippen LogP contribution in [-0.2, 0) is 19.2 Å². The molecule has 8 nitrogen and oxygen atoms in total. The first-order valence-electron chi connectivity index (χ1n) is 14.1. The van der Waals surface area contributed by atoms with Crippen LogP contribution in [-0.4, -0.2) is 42.7 Å². The molecule has 8 heteroatoms. The maximum atomic E-state index is 14.0. The zero-order valence-electron chi connectivity index (χ0n) is 24.1. The third-order valence-electron chi connectivity index (χ3n) is 8.98. The van der Waals surface area contributed by atoms with E-state index in [-0.39, 0.29) is 47.1 Å². The van der Waals surface area contributed by atoms with Gasteiger partial charge in [-0.05, 0) is 67.2 Å². The minimum absolute atomic E-state index is 0.132. The van der Waals surface area contributed by atoms with Gasteiger partial charge < -0.3 is 14.6 Å². The zero-order chi connectivity index (χ0) is 30.6. The van der Waals surface area contributed by atoms with E-state index in [1.54, 1.807) is 43.3 Å². The molecule has 2 aromatic rings. The van der Waals surface area contributed by atoms with Gasteiger partial charge in [0.1, 0.15) is 0 Å². The van der Waals surface area contributed by atoms with Gasteiger partial charge in [-0.1, -0.05) is 48.6 Å². The van der Waals surface area contributed by atoms with Gasteiger partial charge >= 0.3 is 0 Å². The van der Waals surface area contributed by atoms with Crippen LogP contribution in [0.3, 0.4) is 0 Å². The van der Waals surface area contributed by atoms with Crippen molar-refractivity contribution in [3.8, 4) is 17.2 Å². The Morgan fingerprint density at radius 2 is 1.63 bits per heavy atom. The first-order valence-corrected chi connectivity index (χ1v) is 14.1. The smallest absolute Gasteiger partial charge is 0.238 e. The number of phenolic OH excluding ortho intramolecular Hbond substituents is 1. The van der Waals surface area contributed by atoms with Crippen molar-refractivity contribution in [1.82, 2.24) is 0 Å². The van der Waals surface area contributed by atoms with Crippen molar-refractivity contribution in [2.24, 2.45) is 23.7 Å². The van der Waals surface area contributed by atoms with E-state index in [0.717, 1.165) is 11.1 Å². The van der Waals surface area contributed by atoms with Crippen LogP contribution in [0.2, 0.25) is 0 Å². The summed E-state index contributed by atoms with van der Waals surface area (Å²) in [5, 5.41) is 10.3. The number of carbonyl (C=O) groups excluding carboxylic acids is 4. The fourth-order valence-electron chi connectivity index (χ4n) is 6.89. The Balaban J connectivity index is 1.42. The summed E-state index contributed by atoms with van der Waals surface area (Å²) in [7, 11) is 2.87. The summed E-state index contributed by atoms with van der Waals surface area (Å²) >= 11 is 0. The predicted molar refractivity (Wildman–Crippen MR) is 161 cm³/mol. The van der Waals surface area contributed by atoms with Gasteiger partial charge in [0.2, 0.25) is 17.6 Å². The lowest BCUT2D eigenvalue weighted by molar-refractivity contribution is -0.123. The number of benzene rings is 2. The van der Waals surface area contributed by atoms with Crippen molar-refractivity contribution in [3.05, 3.63) is 94.6 Å². The van der Waals surface area contributed by atoms with Crippen molar-refractivity contribution in [2.45, 2.75) is 19.8 Å². The van der Waals surface area contributed by atoms with Gasteiger partial charge in [-0.25, -0.2) is 0 Å². The number of ether oxygens (including phenoxy) is 2. The van der Waals surface area contributed by atoms with Crippen LogP contribution in [0.25, 0.3) is 12.2 Å². The van der Waals surface area contributed by atoms with Gasteiger partial charge in [0.05, 0.1) is 31.7 Å². The van der Waals surface area contributed by atoms with E-state index in [2.05, 4.69) is 6.58 Å². The molecule has 0 radical (unpaired) electrons. The SMILES string of the molecule is C=Cc1ccc(N2C(=O)C3CC=C4C(C=Cc5cc(OC)c(O)c(OC)c5)C5=C(CC4C3C2=O)C(=O)C(C)=CC5=O)cc1. The maximum Gasteiger partial charge on any atom is 0.238 e. The van der Waals surface area contributed by atoms with Crippen LogP contribution in [0.1, 0.15) is 30.9 Å². The second kappa shape index (κ2) is 10.7. The van der Waals surface area contributed by atoms with Crippen LogP contribution >= 0.6 is 0 Å². The molecule has 2 amide bonds. The monoisotopic (exact) mass is 577 g/mol. The van der Waals surface area contributed by atoms with Crippen molar-refractivity contribution < 1.29 is 33.8 Å². The van der Waals surface area contributed by atoms with Gasteiger partial charge in [0.25, 0.3) is 0 Å². The molecule has 0 aromatic heterocycles. The van der Waals surface area contributed by atoms with Crippen LogP contribution in [0.15, 0.2) is 83.5 Å². The summed E-state index contributed by atoms with van der Waals surface area (Å²) in [5.74, 6) is -2.89. The van der Waals surface area contributed by atoms with Crippen molar-refractivity contribution in [3.63, 3.8) is 0 Å². The third kappa shape index (κ3) is 4.45. The van der Waals surface area contributed by atoms with Gasteiger partial charge in [-0.15, -0.1) is 0 Å². The molecule has 0 saturated carbocycles. The predicted octanol–water partition coefficient (Wildman–Crippen LogP) is 5.23. The Bertz CT molecular complexity index is 1700. The molecule has 218 valence electrons. The highest BCUT2D eigenvalue weighted by Gasteiger charge is 2.56. The number of nitrogens with zero attached hydrogens (tertiary/aromatic N) is 1. The highest BCUT2D eigenvalue weighted by Crippen LogP contribution is 2.53. The van der Waals surface area contributed by atoms with Gasteiger partial charge in [0.15, 0.2) is 23.1 Å². The number of rotatable bonds is 6. The molecule has 4 atom stereocenters. The van der Waals surface area contributed by atoms with E-state index in [4.69, 9.17) is 9.47 Å². The maximum absolute atomic E-state index is 14.0. The molecule has 1 aliphatic heterocycles. The van der Waals surface area contributed by atoms with Gasteiger partial charge in [0, 0.05) is 22.6 Å². The van der Waals surface area contributed by atoms with Crippen LogP contribution in [0.5, 0.6) is 17.2 Å². The number of ketones is 2. The van der Waals surface area contributed by atoms with Crippen molar-refractivity contribution in [2.75, 3.05) is 19.1 Å². The Kier molecular flexibility index (Phi) is 7.00. The summed E-state index contributed by atoms with van der Waals surface area (Å²) in [4.78, 5) is 55.7. The molecule has 0 bridgehead atoms. The minimum atomic E-state index is -0.653. The van der Waals surface area contributed by atoms with E-state index in [9.17, 15) is 24.3 Å². The minimum Gasteiger partial charge on any atom is -0.502 e. The van der Waals surface area contributed by atoms with E-state index < -0.39 is 23.7 Å². The first kappa shape index (κ1) is 28.2. The Hall–Kier alpha value is -4.98. The number of phenols is 1. The summed E-state index contributed by atoms with van der Waals surface area (Å²) in [6.45, 7) is 5.38. The van der Waals surface area contributed by atoms with E-state index >= 15 is 0 Å². The summed E-state index contributed by atoms with van der Waals surface area (Å²) < 4.78 is 10.6. The van der Waals surface area contributed by atoms with Crippen LogP contribution in [0, 0.1) is 23.7 Å². The molecular weight excluding hydrogens is 546 g/mol. The van der Waals surface area contributed by atoms with Crippen molar-refractivity contribution in [1.29, 1.82) is 0 Å². The topological polar surface area (TPSA) is 110 Å². The molecule has 0 spiro atoms. The van der Waals surface area contributed by atoms with Gasteiger partial charge in [-0.3, -0.25) is 24.1 Å². The standard InChI is InChI=1S/C35H31NO7/c1-5-19-6-9-21(10-7-19)36-34(40)24-13-12-22-23(11-8-20-15-28(42-3)33(39)29(16-20)43-4)30-26(17-25(22)31(24)35(36)41)32(38)18(2)14-27(30)37/h5-12,14-16,23-25,31,39H,1,13,17H2,2-4H3. The van der Waals surface area contributed by atoms with Crippen LogP contribution in [0.4, 0.5) is 5.69 Å². The summed E-state index contributed by atoms with van der Waals surface area (Å²) in [6, 6.07) is 10.4. The number of fused-ring (bicyclic) bond motifs is 3.